The summed E-state index contributed by atoms with van der Waals surface area (Å²) >= 11 is 0. The van der Waals surface area contributed by atoms with Gasteiger partial charge in [0, 0.05) is 17.9 Å². The quantitative estimate of drug-likeness (QED) is 0.814. The van der Waals surface area contributed by atoms with E-state index in [1.165, 1.54) is 31.7 Å². The largest absolute Gasteiger partial charge is 0.418 e. The van der Waals surface area contributed by atoms with Crippen LogP contribution in [0.3, 0.4) is 0 Å². The first-order chi connectivity index (χ1) is 8.91. The van der Waals surface area contributed by atoms with Crippen LogP contribution in [0.2, 0.25) is 0 Å². The number of benzene rings is 1. The molecule has 0 heterocycles. The predicted molar refractivity (Wildman–Crippen MR) is 68.7 cm³/mol. The maximum Gasteiger partial charge on any atom is 0.418 e. The van der Waals surface area contributed by atoms with Crippen LogP contribution in [-0.2, 0) is 6.18 Å². The molecule has 0 aromatic heterocycles. The average Bonchev–Trinajstić information content (AvgIpc) is 3.19. The Morgan fingerprint density at radius 1 is 1.26 bits per heavy atom. The van der Waals surface area contributed by atoms with E-state index in [2.05, 4.69) is 5.32 Å². The van der Waals surface area contributed by atoms with Crippen LogP contribution in [0.25, 0.3) is 0 Å². The zero-order valence-corrected chi connectivity index (χ0v) is 10.6. The molecule has 1 aromatic rings. The second kappa shape index (κ2) is 4.05. The van der Waals surface area contributed by atoms with Crippen molar-refractivity contribution >= 4 is 11.4 Å². The van der Waals surface area contributed by atoms with E-state index in [4.69, 9.17) is 5.73 Å². The van der Waals surface area contributed by atoms with E-state index in [0.29, 0.717) is 11.1 Å². The monoisotopic (exact) mass is 270 g/mol. The Kier molecular flexibility index (Phi) is 2.69. The van der Waals surface area contributed by atoms with E-state index < -0.39 is 11.7 Å². The minimum Gasteiger partial charge on any atom is -0.398 e. The van der Waals surface area contributed by atoms with Gasteiger partial charge in [-0.2, -0.15) is 13.2 Å². The molecule has 2 saturated carbocycles. The van der Waals surface area contributed by atoms with E-state index in [9.17, 15) is 13.2 Å². The van der Waals surface area contributed by atoms with Crippen LogP contribution >= 0.6 is 0 Å². The molecule has 0 spiro atoms. The summed E-state index contributed by atoms with van der Waals surface area (Å²) in [5, 5.41) is 3.15. The van der Waals surface area contributed by atoms with E-state index in [-0.39, 0.29) is 5.69 Å². The van der Waals surface area contributed by atoms with Gasteiger partial charge in [-0.1, -0.05) is 0 Å². The van der Waals surface area contributed by atoms with Gasteiger partial charge in [-0.3, -0.25) is 0 Å². The van der Waals surface area contributed by atoms with Crippen molar-refractivity contribution in [2.75, 3.05) is 17.6 Å². The highest BCUT2D eigenvalue weighted by Crippen LogP contribution is 2.61. The van der Waals surface area contributed by atoms with Crippen LogP contribution in [0.1, 0.15) is 31.2 Å². The number of hydrogen-bond acceptors (Lipinski definition) is 2. The third-order valence-corrected chi connectivity index (χ3v) is 4.34. The normalized spacial score (nSPS) is 21.2. The van der Waals surface area contributed by atoms with Crippen molar-refractivity contribution < 1.29 is 13.2 Å². The molecule has 2 aliphatic carbocycles. The maximum absolute atomic E-state index is 12.7. The fourth-order valence-electron chi connectivity index (χ4n) is 2.78. The Hall–Kier alpha value is -1.39. The van der Waals surface area contributed by atoms with Gasteiger partial charge in [-0.25, -0.2) is 0 Å². The lowest BCUT2D eigenvalue weighted by atomic mass is 10.0. The second-order valence-electron chi connectivity index (χ2n) is 5.79. The average molecular weight is 270 g/mol. The van der Waals surface area contributed by atoms with Crippen molar-refractivity contribution in [3.8, 4) is 0 Å². The summed E-state index contributed by atoms with van der Waals surface area (Å²) in [7, 11) is 0. The van der Waals surface area contributed by atoms with Gasteiger partial charge in [0.25, 0.3) is 0 Å². The number of anilines is 2. The van der Waals surface area contributed by atoms with E-state index in [1.807, 2.05) is 0 Å². The van der Waals surface area contributed by atoms with Crippen LogP contribution < -0.4 is 11.1 Å². The van der Waals surface area contributed by atoms with Crippen LogP contribution in [-0.4, -0.2) is 6.54 Å². The number of halogens is 3. The Balaban J connectivity index is 1.71. The molecule has 0 saturated heterocycles. The van der Waals surface area contributed by atoms with Crippen LogP contribution in [0.4, 0.5) is 24.5 Å². The first-order valence-electron chi connectivity index (χ1n) is 6.61. The molecule has 0 unspecified atom stereocenters. The topological polar surface area (TPSA) is 38.0 Å². The summed E-state index contributed by atoms with van der Waals surface area (Å²) in [5.74, 6) is 0.788. The van der Waals surface area contributed by atoms with Crippen LogP contribution in [0.15, 0.2) is 18.2 Å². The summed E-state index contributed by atoms with van der Waals surface area (Å²) in [6, 6.07) is 4.05. The van der Waals surface area contributed by atoms with Gasteiger partial charge in [-0.05, 0) is 55.2 Å². The smallest absolute Gasteiger partial charge is 0.398 e. The van der Waals surface area contributed by atoms with Gasteiger partial charge in [0.05, 0.1) is 5.56 Å². The molecule has 5 heteroatoms. The standard InChI is InChI=1S/C14H17F3N2/c15-14(16,17)11-7-10(3-4-12(11)18)19-8-13(5-6-13)9-1-2-9/h3-4,7,9,19H,1-2,5-6,8,18H2. The lowest BCUT2D eigenvalue weighted by Gasteiger charge is -2.17. The number of nitrogens with one attached hydrogen (secondary N) is 1. The third-order valence-electron chi connectivity index (χ3n) is 4.34. The molecule has 2 nitrogen and oxygen atoms in total. The van der Waals surface area contributed by atoms with Gasteiger partial charge < -0.3 is 11.1 Å². The number of nitrogen functional groups attached to an aromatic ring is 1. The zero-order chi connectivity index (χ0) is 13.7. The lowest BCUT2D eigenvalue weighted by Crippen LogP contribution is -2.18. The highest BCUT2D eigenvalue weighted by Gasteiger charge is 2.53. The summed E-state index contributed by atoms with van der Waals surface area (Å²) < 4.78 is 38.2. The minimum absolute atomic E-state index is 0.221. The molecular weight excluding hydrogens is 253 g/mol. The molecular formula is C14H17F3N2. The number of hydrogen-bond donors (Lipinski definition) is 2. The molecule has 0 aliphatic heterocycles. The van der Waals surface area contributed by atoms with Crippen molar-refractivity contribution in [2.24, 2.45) is 11.3 Å². The van der Waals surface area contributed by atoms with Gasteiger partial charge in [0.1, 0.15) is 0 Å². The van der Waals surface area contributed by atoms with Crippen molar-refractivity contribution in [3.63, 3.8) is 0 Å². The zero-order valence-electron chi connectivity index (χ0n) is 10.6. The first-order valence-corrected chi connectivity index (χ1v) is 6.61. The number of alkyl halides is 3. The number of rotatable bonds is 4. The van der Waals surface area contributed by atoms with Gasteiger partial charge >= 0.3 is 6.18 Å². The fraction of sp³-hybridized carbons (Fsp3) is 0.571. The van der Waals surface area contributed by atoms with Crippen molar-refractivity contribution in [2.45, 2.75) is 31.9 Å². The Morgan fingerprint density at radius 3 is 2.47 bits per heavy atom. The van der Waals surface area contributed by atoms with E-state index in [0.717, 1.165) is 18.5 Å². The van der Waals surface area contributed by atoms with E-state index in [1.54, 1.807) is 6.07 Å². The summed E-state index contributed by atoms with van der Waals surface area (Å²) in [4.78, 5) is 0. The molecule has 0 atom stereocenters. The summed E-state index contributed by atoms with van der Waals surface area (Å²) in [6.07, 6.45) is 0.557. The Morgan fingerprint density at radius 2 is 1.95 bits per heavy atom. The van der Waals surface area contributed by atoms with Crippen LogP contribution in [0, 0.1) is 11.3 Å². The van der Waals surface area contributed by atoms with Crippen LogP contribution in [0.5, 0.6) is 0 Å². The molecule has 3 N–H and O–H groups in total. The van der Waals surface area contributed by atoms with Crippen molar-refractivity contribution in [1.82, 2.24) is 0 Å². The van der Waals surface area contributed by atoms with Gasteiger partial charge in [0.15, 0.2) is 0 Å². The highest BCUT2D eigenvalue weighted by atomic mass is 19.4. The SMILES string of the molecule is Nc1ccc(NCC2(C3CC3)CC2)cc1C(F)(F)F. The summed E-state index contributed by atoms with van der Waals surface area (Å²) in [5.41, 5.74) is 5.27. The molecule has 0 amide bonds. The van der Waals surface area contributed by atoms with Gasteiger partial charge in [0.2, 0.25) is 0 Å². The van der Waals surface area contributed by atoms with Crippen molar-refractivity contribution in [1.29, 1.82) is 0 Å². The Labute approximate surface area is 110 Å². The van der Waals surface area contributed by atoms with Crippen molar-refractivity contribution in [3.05, 3.63) is 23.8 Å². The third kappa shape index (κ3) is 2.51. The second-order valence-corrected chi connectivity index (χ2v) is 5.79. The molecule has 1 aromatic carbocycles. The number of nitrogens with two attached hydrogens (primary N) is 1. The molecule has 0 radical (unpaired) electrons. The molecule has 2 fully saturated rings. The molecule has 19 heavy (non-hydrogen) atoms. The van der Waals surface area contributed by atoms with Gasteiger partial charge in [-0.15, -0.1) is 0 Å². The molecule has 3 rings (SSSR count). The maximum atomic E-state index is 12.7. The molecule has 104 valence electrons. The van der Waals surface area contributed by atoms with E-state index >= 15 is 0 Å². The Bertz CT molecular complexity index is 488. The first kappa shape index (κ1) is 12.6. The highest BCUT2D eigenvalue weighted by molar-refractivity contribution is 5.58. The fourth-order valence-corrected chi connectivity index (χ4v) is 2.78. The molecule has 2 aliphatic rings. The minimum atomic E-state index is -4.39. The lowest BCUT2D eigenvalue weighted by molar-refractivity contribution is -0.136. The predicted octanol–water partition coefficient (Wildman–Crippen LogP) is 3.89. The molecule has 0 bridgehead atoms. The summed E-state index contributed by atoms with van der Waals surface area (Å²) in [6.45, 7) is 0.777.